The monoisotopic (exact) mass is 430 g/mol. The molecule has 0 unspecified atom stereocenters. The normalized spacial score (nSPS) is 50.3. The molecule has 1 saturated heterocycles. The number of carbonyl (C=O) groups excluding carboxylic acids is 1. The summed E-state index contributed by atoms with van der Waals surface area (Å²) in [5, 5.41) is 10.2. The molecule has 4 fully saturated rings. The van der Waals surface area contributed by atoms with E-state index in [9.17, 15) is 9.90 Å². The van der Waals surface area contributed by atoms with E-state index >= 15 is 0 Å². The molecule has 0 aromatic rings. The molecular formula is C26H38O5. The number of hydrogen-bond acceptors (Lipinski definition) is 5. The predicted molar refractivity (Wildman–Crippen MR) is 117 cm³/mol. The third-order valence-corrected chi connectivity index (χ3v) is 9.79. The van der Waals surface area contributed by atoms with Crippen LogP contribution in [-0.4, -0.2) is 41.6 Å². The molecule has 1 N–H and O–H groups in total. The average molecular weight is 431 g/mol. The van der Waals surface area contributed by atoms with E-state index in [0.29, 0.717) is 17.8 Å². The lowest BCUT2D eigenvalue weighted by Crippen LogP contribution is -2.60. The van der Waals surface area contributed by atoms with Crippen LogP contribution in [0.3, 0.4) is 0 Å². The maximum atomic E-state index is 13.6. The molecule has 8 atom stereocenters. The predicted octanol–water partition coefficient (Wildman–Crippen LogP) is 4.54. The topological polar surface area (TPSA) is 65.0 Å². The molecule has 1 aliphatic heterocycles. The second-order valence-corrected chi connectivity index (χ2v) is 11.6. The van der Waals surface area contributed by atoms with Crippen LogP contribution in [0.2, 0.25) is 0 Å². The van der Waals surface area contributed by atoms with Gasteiger partial charge in [-0.15, -0.1) is 0 Å². The molecule has 4 aliphatic carbocycles. The molecular weight excluding hydrogens is 392 g/mol. The van der Waals surface area contributed by atoms with Crippen LogP contribution < -0.4 is 0 Å². The number of ketones is 1. The van der Waals surface area contributed by atoms with Gasteiger partial charge in [0.1, 0.15) is 0 Å². The van der Waals surface area contributed by atoms with Crippen LogP contribution in [0.15, 0.2) is 24.0 Å². The number of aliphatic hydroxyl groups excluding tert-OH is 1. The Morgan fingerprint density at radius 2 is 1.97 bits per heavy atom. The quantitative estimate of drug-likeness (QED) is 0.405. The summed E-state index contributed by atoms with van der Waals surface area (Å²) in [7, 11) is 1.56. The molecule has 5 rings (SSSR count). The number of aliphatic hydroxyl groups is 1. The summed E-state index contributed by atoms with van der Waals surface area (Å²) in [6, 6.07) is 0. The first-order chi connectivity index (χ1) is 14.6. The van der Waals surface area contributed by atoms with Crippen molar-refractivity contribution in [3.63, 3.8) is 0 Å². The largest absolute Gasteiger partial charge is 0.504 e. The van der Waals surface area contributed by atoms with Gasteiger partial charge >= 0.3 is 0 Å². The van der Waals surface area contributed by atoms with Crippen molar-refractivity contribution in [1.29, 1.82) is 0 Å². The van der Waals surface area contributed by atoms with Gasteiger partial charge in [-0.3, -0.25) is 4.79 Å². The van der Waals surface area contributed by atoms with E-state index in [4.69, 9.17) is 14.2 Å². The highest BCUT2D eigenvalue weighted by atomic mass is 16.8. The van der Waals surface area contributed by atoms with Crippen LogP contribution in [-0.2, 0) is 19.0 Å². The molecule has 5 nitrogen and oxygen atoms in total. The zero-order chi connectivity index (χ0) is 22.2. The fourth-order valence-electron chi connectivity index (χ4n) is 8.43. The summed E-state index contributed by atoms with van der Waals surface area (Å²) in [4.78, 5) is 13.6. The first-order valence-corrected chi connectivity index (χ1v) is 12.1. The van der Waals surface area contributed by atoms with Gasteiger partial charge in [0.2, 0.25) is 0 Å². The van der Waals surface area contributed by atoms with Gasteiger partial charge < -0.3 is 19.3 Å². The van der Waals surface area contributed by atoms with Crippen molar-refractivity contribution in [3.05, 3.63) is 24.0 Å². The zero-order valence-corrected chi connectivity index (χ0v) is 19.6. The standard InChI is InChI=1S/C26H38O5/c1-23(2)30-22-15-20-18-7-6-16-14-17(27)8-11-24(16,3)19(18)9-12-25(20,4)26(22,31-23)21(28)10-13-29-5/h6,10,13,17-20,22,27H,7-9,11-12,14-15H2,1-5H3/b13-10+/t17-,18-,19-,20-,22+,24+,25+,26-/m1/s1. The first-order valence-electron chi connectivity index (χ1n) is 12.1. The summed E-state index contributed by atoms with van der Waals surface area (Å²) >= 11 is 0. The van der Waals surface area contributed by atoms with E-state index in [1.807, 2.05) is 13.8 Å². The average Bonchev–Trinajstić information content (AvgIpc) is 3.12. The highest BCUT2D eigenvalue weighted by molar-refractivity contribution is 5.99. The number of allylic oxidation sites excluding steroid dienone is 1. The summed E-state index contributed by atoms with van der Waals surface area (Å²) < 4.78 is 18.1. The molecule has 0 radical (unpaired) electrons. The van der Waals surface area contributed by atoms with Crippen molar-refractivity contribution in [2.45, 2.75) is 96.2 Å². The maximum Gasteiger partial charge on any atom is 0.193 e. The Labute approximate surface area is 186 Å². The van der Waals surface area contributed by atoms with Crippen LogP contribution >= 0.6 is 0 Å². The first kappa shape index (κ1) is 21.7. The van der Waals surface area contributed by atoms with E-state index in [0.717, 1.165) is 44.9 Å². The molecule has 0 bridgehead atoms. The van der Waals surface area contributed by atoms with E-state index in [-0.39, 0.29) is 28.8 Å². The molecule has 0 aromatic heterocycles. The van der Waals surface area contributed by atoms with Gasteiger partial charge in [0.05, 0.1) is 25.6 Å². The lowest BCUT2D eigenvalue weighted by atomic mass is 9.46. The van der Waals surface area contributed by atoms with Crippen LogP contribution in [0, 0.1) is 28.6 Å². The van der Waals surface area contributed by atoms with Gasteiger partial charge in [0, 0.05) is 11.5 Å². The van der Waals surface area contributed by atoms with Crippen molar-refractivity contribution in [3.8, 4) is 0 Å². The number of ether oxygens (including phenoxy) is 3. The van der Waals surface area contributed by atoms with E-state index in [2.05, 4.69) is 19.9 Å². The van der Waals surface area contributed by atoms with Crippen molar-refractivity contribution in [1.82, 2.24) is 0 Å². The second-order valence-electron chi connectivity index (χ2n) is 11.6. The molecule has 172 valence electrons. The zero-order valence-electron chi connectivity index (χ0n) is 19.6. The third kappa shape index (κ3) is 2.82. The van der Waals surface area contributed by atoms with Gasteiger partial charge in [0.15, 0.2) is 17.2 Å². The van der Waals surface area contributed by atoms with Crippen LogP contribution in [0.4, 0.5) is 0 Å². The summed E-state index contributed by atoms with van der Waals surface area (Å²) in [6.45, 7) is 8.56. The molecule has 31 heavy (non-hydrogen) atoms. The second kappa shape index (κ2) is 6.91. The van der Waals surface area contributed by atoms with Crippen molar-refractivity contribution >= 4 is 5.78 Å². The molecule has 5 heteroatoms. The lowest BCUT2D eigenvalue weighted by molar-refractivity contribution is -0.212. The minimum Gasteiger partial charge on any atom is -0.504 e. The molecule has 0 spiro atoms. The highest BCUT2D eigenvalue weighted by Crippen LogP contribution is 2.70. The van der Waals surface area contributed by atoms with E-state index < -0.39 is 11.4 Å². The smallest absolute Gasteiger partial charge is 0.193 e. The molecule has 0 aromatic carbocycles. The van der Waals surface area contributed by atoms with Gasteiger partial charge in [-0.25, -0.2) is 0 Å². The number of carbonyl (C=O) groups is 1. The molecule has 0 amide bonds. The fraction of sp³-hybridized carbons (Fsp3) is 0.808. The number of fused-ring (bicyclic) bond motifs is 7. The van der Waals surface area contributed by atoms with Gasteiger partial charge in [-0.2, -0.15) is 0 Å². The van der Waals surface area contributed by atoms with Crippen LogP contribution in [0.25, 0.3) is 0 Å². The minimum absolute atomic E-state index is 0.0209. The highest BCUT2D eigenvalue weighted by Gasteiger charge is 2.75. The molecule has 5 aliphatic rings. The Hall–Kier alpha value is -1.17. The number of hydrogen-bond donors (Lipinski definition) is 1. The van der Waals surface area contributed by atoms with Gasteiger partial charge in [0.25, 0.3) is 0 Å². The SMILES string of the molecule is CO/C=C/C(=O)[C@@]12OC(C)(C)O[C@H]1C[C@@H]1[C@@H]3CC=C4C[C@H](O)CC[C@]4(C)[C@@H]3CC[C@@]12C. The fourth-order valence-corrected chi connectivity index (χ4v) is 8.43. The van der Waals surface area contributed by atoms with E-state index in [1.54, 1.807) is 13.2 Å². The summed E-state index contributed by atoms with van der Waals surface area (Å²) in [5.41, 5.74) is 0.429. The van der Waals surface area contributed by atoms with Crippen molar-refractivity contribution in [2.24, 2.45) is 28.6 Å². The summed E-state index contributed by atoms with van der Waals surface area (Å²) in [5.74, 6) is 0.726. The minimum atomic E-state index is -0.950. The van der Waals surface area contributed by atoms with Crippen LogP contribution in [0.1, 0.15) is 72.6 Å². The van der Waals surface area contributed by atoms with E-state index in [1.165, 1.54) is 11.8 Å². The number of methoxy groups -OCH3 is 1. The van der Waals surface area contributed by atoms with Gasteiger partial charge in [-0.05, 0) is 82.0 Å². The third-order valence-electron chi connectivity index (χ3n) is 9.79. The lowest BCUT2D eigenvalue weighted by Gasteiger charge is -2.59. The Bertz CT molecular complexity index is 830. The van der Waals surface area contributed by atoms with Gasteiger partial charge in [-0.1, -0.05) is 25.5 Å². The Kier molecular flexibility index (Phi) is 4.83. The Morgan fingerprint density at radius 3 is 2.71 bits per heavy atom. The maximum absolute atomic E-state index is 13.6. The van der Waals surface area contributed by atoms with Crippen LogP contribution in [0.5, 0.6) is 0 Å². The van der Waals surface area contributed by atoms with Crippen molar-refractivity contribution in [2.75, 3.05) is 7.11 Å². The Morgan fingerprint density at radius 1 is 1.19 bits per heavy atom. The van der Waals surface area contributed by atoms with Crippen molar-refractivity contribution < 1.29 is 24.1 Å². The number of rotatable bonds is 3. The molecule has 3 saturated carbocycles. The molecule has 1 heterocycles. The summed E-state index contributed by atoms with van der Waals surface area (Å²) in [6.07, 6.45) is 11.8. The Balaban J connectivity index is 1.54.